The summed E-state index contributed by atoms with van der Waals surface area (Å²) in [5, 5.41) is 1.94. The van der Waals surface area contributed by atoms with E-state index >= 15 is 0 Å². The normalized spacial score (nSPS) is 24.9. The lowest BCUT2D eigenvalue weighted by atomic mass is 10.0. The smallest absolute Gasteiger partial charge is 0.124 e. The minimum Gasteiger partial charge on any atom is -0.410 e. The first kappa shape index (κ1) is 9.59. The molecule has 1 aliphatic rings. The summed E-state index contributed by atoms with van der Waals surface area (Å²) in [4.78, 5) is 5.59. The molecule has 0 bridgehead atoms. The fourth-order valence-corrected chi connectivity index (χ4v) is 1.44. The van der Waals surface area contributed by atoms with Gasteiger partial charge in [-0.1, -0.05) is 27.7 Å². The van der Waals surface area contributed by atoms with E-state index in [0.29, 0.717) is 17.9 Å². The molecule has 0 aromatic carbocycles. The summed E-state index contributed by atoms with van der Waals surface area (Å²) in [5.74, 6) is 2.22. The van der Waals surface area contributed by atoms with Crippen LogP contribution in [0.25, 0.3) is 0 Å². The van der Waals surface area contributed by atoms with Crippen LogP contribution in [0.4, 0.5) is 0 Å². The van der Waals surface area contributed by atoms with Crippen LogP contribution in [0.15, 0.2) is 11.8 Å². The highest BCUT2D eigenvalue weighted by Gasteiger charge is 2.27. The zero-order valence-corrected chi connectivity index (χ0v) is 8.66. The molecule has 0 N–H and O–H groups in total. The van der Waals surface area contributed by atoms with E-state index in [-0.39, 0.29) is 0 Å². The summed E-state index contributed by atoms with van der Waals surface area (Å²) < 4.78 is 0. The van der Waals surface area contributed by atoms with Gasteiger partial charge in [0.15, 0.2) is 0 Å². The Bertz CT molecular complexity index is 184. The average molecular weight is 169 g/mol. The van der Waals surface area contributed by atoms with Gasteiger partial charge in [0.05, 0.1) is 6.04 Å². The Labute approximate surface area is 75.2 Å². The van der Waals surface area contributed by atoms with Crippen LogP contribution < -0.4 is 0 Å². The largest absolute Gasteiger partial charge is 0.410 e. The molecule has 0 saturated carbocycles. The Kier molecular flexibility index (Phi) is 2.78. The molecule has 0 aromatic heterocycles. The highest BCUT2D eigenvalue weighted by Crippen LogP contribution is 2.26. The molecule has 0 spiro atoms. The zero-order valence-electron chi connectivity index (χ0n) is 8.66. The molecule has 1 unspecified atom stereocenters. The molecule has 2 nitrogen and oxygen atoms in total. The van der Waals surface area contributed by atoms with E-state index in [2.05, 4.69) is 33.8 Å². The van der Waals surface area contributed by atoms with Crippen LogP contribution in [0.5, 0.6) is 0 Å². The van der Waals surface area contributed by atoms with Gasteiger partial charge in [-0.2, -0.15) is 0 Å². The Balaban J connectivity index is 2.67. The Morgan fingerprint density at radius 2 is 1.92 bits per heavy atom. The van der Waals surface area contributed by atoms with E-state index in [4.69, 9.17) is 4.84 Å². The fourth-order valence-electron chi connectivity index (χ4n) is 1.44. The molecule has 1 heterocycles. The minimum atomic E-state index is 0.447. The molecule has 2 heteroatoms. The van der Waals surface area contributed by atoms with Crippen molar-refractivity contribution >= 4 is 0 Å². The minimum absolute atomic E-state index is 0.447. The van der Waals surface area contributed by atoms with E-state index < -0.39 is 0 Å². The van der Waals surface area contributed by atoms with E-state index in [1.807, 2.05) is 12.1 Å². The number of hydrogen-bond acceptors (Lipinski definition) is 2. The second-order valence-electron chi connectivity index (χ2n) is 4.10. The van der Waals surface area contributed by atoms with Crippen LogP contribution in [-0.2, 0) is 4.84 Å². The predicted molar refractivity (Wildman–Crippen MR) is 50.4 cm³/mol. The number of allylic oxidation sites excluding steroid dienone is 1. The summed E-state index contributed by atoms with van der Waals surface area (Å²) >= 11 is 0. The second kappa shape index (κ2) is 3.48. The predicted octanol–water partition coefficient (Wildman–Crippen LogP) is 2.43. The molecule has 0 aromatic rings. The molecule has 1 atom stereocenters. The molecular weight excluding hydrogens is 150 g/mol. The van der Waals surface area contributed by atoms with Gasteiger partial charge in [-0.3, -0.25) is 0 Å². The molecule has 1 aliphatic heterocycles. The van der Waals surface area contributed by atoms with Crippen LogP contribution in [0.2, 0.25) is 0 Å². The molecule has 0 saturated heterocycles. The fraction of sp³-hybridized carbons (Fsp3) is 0.800. The number of rotatable bonds is 2. The number of likely N-dealkylation sites (N-methyl/N-ethyl adjacent to an activating group) is 1. The van der Waals surface area contributed by atoms with Crippen LogP contribution in [0.1, 0.15) is 27.7 Å². The van der Waals surface area contributed by atoms with Gasteiger partial charge in [0.1, 0.15) is 5.76 Å². The third-order valence-corrected chi connectivity index (χ3v) is 2.26. The van der Waals surface area contributed by atoms with Crippen molar-refractivity contribution in [1.29, 1.82) is 0 Å². The van der Waals surface area contributed by atoms with Crippen molar-refractivity contribution in [3.63, 3.8) is 0 Å². The van der Waals surface area contributed by atoms with Gasteiger partial charge in [-0.05, 0) is 12.0 Å². The van der Waals surface area contributed by atoms with Crippen molar-refractivity contribution < 1.29 is 4.84 Å². The second-order valence-corrected chi connectivity index (χ2v) is 4.10. The van der Waals surface area contributed by atoms with Crippen LogP contribution in [-0.4, -0.2) is 18.2 Å². The first-order valence-corrected chi connectivity index (χ1v) is 4.65. The zero-order chi connectivity index (χ0) is 9.30. The van der Waals surface area contributed by atoms with Crippen molar-refractivity contribution in [1.82, 2.24) is 5.06 Å². The average Bonchev–Trinajstić information content (AvgIpc) is 2.30. The van der Waals surface area contributed by atoms with Gasteiger partial charge in [0, 0.05) is 13.0 Å². The summed E-state index contributed by atoms with van der Waals surface area (Å²) in [5.41, 5.74) is 0. The van der Waals surface area contributed by atoms with Gasteiger partial charge in [0.2, 0.25) is 0 Å². The molecule has 0 aliphatic carbocycles. The first-order valence-electron chi connectivity index (χ1n) is 4.65. The number of hydroxylamine groups is 2. The third kappa shape index (κ3) is 1.81. The number of nitrogens with zero attached hydrogens (tertiary/aromatic N) is 1. The monoisotopic (exact) mass is 169 g/mol. The molecule has 70 valence electrons. The molecule has 0 radical (unpaired) electrons. The number of hydrogen-bond donors (Lipinski definition) is 0. The SMILES string of the molecule is CC(C)C1=CC(C(C)C)N(C)O1. The molecule has 12 heavy (non-hydrogen) atoms. The Morgan fingerprint density at radius 3 is 2.17 bits per heavy atom. The van der Waals surface area contributed by atoms with Crippen molar-refractivity contribution in [3.05, 3.63) is 11.8 Å². The lowest BCUT2D eigenvalue weighted by Crippen LogP contribution is -2.29. The topological polar surface area (TPSA) is 12.5 Å². The van der Waals surface area contributed by atoms with Crippen molar-refractivity contribution in [2.45, 2.75) is 33.7 Å². The van der Waals surface area contributed by atoms with E-state index in [1.54, 1.807) is 0 Å². The van der Waals surface area contributed by atoms with Gasteiger partial charge >= 0.3 is 0 Å². The maximum atomic E-state index is 5.59. The van der Waals surface area contributed by atoms with E-state index in [0.717, 1.165) is 5.76 Å². The maximum absolute atomic E-state index is 5.59. The van der Waals surface area contributed by atoms with Gasteiger partial charge in [0.25, 0.3) is 0 Å². The van der Waals surface area contributed by atoms with Crippen LogP contribution in [0.3, 0.4) is 0 Å². The van der Waals surface area contributed by atoms with Gasteiger partial charge in [-0.25, -0.2) is 0 Å². The Morgan fingerprint density at radius 1 is 1.33 bits per heavy atom. The molecule has 0 amide bonds. The van der Waals surface area contributed by atoms with Crippen LogP contribution in [0, 0.1) is 11.8 Å². The van der Waals surface area contributed by atoms with Gasteiger partial charge in [-0.15, -0.1) is 5.06 Å². The van der Waals surface area contributed by atoms with Crippen molar-refractivity contribution in [2.75, 3.05) is 7.05 Å². The van der Waals surface area contributed by atoms with Crippen molar-refractivity contribution in [3.8, 4) is 0 Å². The third-order valence-electron chi connectivity index (χ3n) is 2.26. The lowest BCUT2D eigenvalue weighted by Gasteiger charge is -2.21. The standard InChI is InChI=1S/C10H19NO/c1-7(2)9-6-10(8(3)4)12-11(9)5/h6-9H,1-5H3. The quantitative estimate of drug-likeness (QED) is 0.629. The molecule has 1 rings (SSSR count). The summed E-state index contributed by atoms with van der Waals surface area (Å²) in [6.07, 6.45) is 2.23. The highest BCUT2D eigenvalue weighted by atomic mass is 16.7. The summed E-state index contributed by atoms with van der Waals surface area (Å²) in [7, 11) is 2.00. The summed E-state index contributed by atoms with van der Waals surface area (Å²) in [6.45, 7) is 8.74. The highest BCUT2D eigenvalue weighted by molar-refractivity contribution is 5.07. The van der Waals surface area contributed by atoms with Gasteiger partial charge < -0.3 is 4.84 Å². The summed E-state index contributed by atoms with van der Waals surface area (Å²) in [6, 6.07) is 0.447. The lowest BCUT2D eigenvalue weighted by molar-refractivity contribution is -0.109. The van der Waals surface area contributed by atoms with E-state index in [1.165, 1.54) is 0 Å². The maximum Gasteiger partial charge on any atom is 0.124 e. The van der Waals surface area contributed by atoms with Crippen LogP contribution >= 0.6 is 0 Å². The Hall–Kier alpha value is -0.500. The van der Waals surface area contributed by atoms with Crippen molar-refractivity contribution in [2.24, 2.45) is 11.8 Å². The molecule has 0 fully saturated rings. The first-order chi connectivity index (χ1) is 5.52. The molecular formula is C10H19NO. The van der Waals surface area contributed by atoms with E-state index in [9.17, 15) is 0 Å².